The summed E-state index contributed by atoms with van der Waals surface area (Å²) in [5.74, 6) is -0.488. The van der Waals surface area contributed by atoms with E-state index >= 15 is 0 Å². The molecule has 0 aromatic heterocycles. The molecular weight excluding hydrogens is 204 g/mol. The van der Waals surface area contributed by atoms with Gasteiger partial charge in [-0.2, -0.15) is 0 Å². The van der Waals surface area contributed by atoms with Crippen molar-refractivity contribution in [2.75, 3.05) is 0 Å². The number of ether oxygens (including phenoxy) is 1. The smallest absolute Gasteiger partial charge is 0.313 e. The Hall–Kier alpha value is -1.90. The second kappa shape index (κ2) is 4.75. The zero-order valence-corrected chi connectivity index (χ0v) is 8.76. The topological polar surface area (TPSA) is 43.4 Å². The number of esters is 1. The van der Waals surface area contributed by atoms with Crippen LogP contribution in [0.5, 0.6) is 0 Å². The fraction of sp³-hybridized carbons (Fsp3) is 0.231. The first-order chi connectivity index (χ1) is 7.74. The largest absolute Gasteiger partial charge is 0.457 e. The minimum Gasteiger partial charge on any atom is -0.457 e. The molecule has 1 aromatic carbocycles. The minimum absolute atomic E-state index is 0.0565. The highest BCUT2D eigenvalue weighted by Gasteiger charge is 2.24. The summed E-state index contributed by atoms with van der Waals surface area (Å²) < 4.78 is 5.03. The predicted molar refractivity (Wildman–Crippen MR) is 59.6 cm³/mol. The van der Waals surface area contributed by atoms with Crippen LogP contribution in [0.3, 0.4) is 0 Å². The molecule has 0 unspecified atom stereocenters. The van der Waals surface area contributed by atoms with E-state index in [-0.39, 0.29) is 18.6 Å². The number of hydrogen-bond acceptors (Lipinski definition) is 3. The normalized spacial score (nSPS) is 21.1. The van der Waals surface area contributed by atoms with Gasteiger partial charge < -0.3 is 4.74 Å². The molecule has 3 heteroatoms. The highest BCUT2D eigenvalue weighted by atomic mass is 16.5. The quantitative estimate of drug-likeness (QED) is 0.560. The standard InChI is InChI=1S/C13H12O3/c14-11-8-12(16-13(15)9-11)7-6-10-4-2-1-3-5-10/h1-7,12H,8-9H2/b7-6+/t12-/m0/s1. The van der Waals surface area contributed by atoms with Crippen LogP contribution in [0.2, 0.25) is 0 Å². The van der Waals surface area contributed by atoms with Gasteiger partial charge in [-0.1, -0.05) is 36.4 Å². The zero-order chi connectivity index (χ0) is 11.4. The fourth-order valence-corrected chi connectivity index (χ4v) is 1.60. The van der Waals surface area contributed by atoms with Gasteiger partial charge in [0.1, 0.15) is 18.3 Å². The molecule has 1 fully saturated rings. The number of rotatable bonds is 2. The molecule has 1 aliphatic rings. The highest BCUT2D eigenvalue weighted by Crippen LogP contribution is 2.13. The van der Waals surface area contributed by atoms with E-state index < -0.39 is 12.1 Å². The predicted octanol–water partition coefficient (Wildman–Crippen LogP) is 1.97. The monoisotopic (exact) mass is 216 g/mol. The molecule has 0 radical (unpaired) electrons. The van der Waals surface area contributed by atoms with Crippen molar-refractivity contribution < 1.29 is 14.3 Å². The Kier molecular flexibility index (Phi) is 3.15. The Labute approximate surface area is 93.7 Å². The maximum atomic E-state index is 11.2. The zero-order valence-electron chi connectivity index (χ0n) is 8.76. The van der Waals surface area contributed by atoms with Crippen molar-refractivity contribution in [2.45, 2.75) is 18.9 Å². The molecule has 82 valence electrons. The Morgan fingerprint density at radius 3 is 2.62 bits per heavy atom. The molecule has 0 aliphatic carbocycles. The van der Waals surface area contributed by atoms with Crippen LogP contribution in [0.4, 0.5) is 0 Å². The first-order valence-electron chi connectivity index (χ1n) is 5.18. The summed E-state index contributed by atoms with van der Waals surface area (Å²) in [7, 11) is 0. The van der Waals surface area contributed by atoms with E-state index in [1.54, 1.807) is 6.08 Å². The van der Waals surface area contributed by atoms with Crippen molar-refractivity contribution in [1.82, 2.24) is 0 Å². The average molecular weight is 216 g/mol. The van der Waals surface area contributed by atoms with Gasteiger partial charge in [-0.25, -0.2) is 0 Å². The van der Waals surface area contributed by atoms with Gasteiger partial charge >= 0.3 is 5.97 Å². The van der Waals surface area contributed by atoms with Crippen LogP contribution in [0.25, 0.3) is 6.08 Å². The second-order valence-corrected chi connectivity index (χ2v) is 3.72. The maximum absolute atomic E-state index is 11.2. The lowest BCUT2D eigenvalue weighted by Gasteiger charge is -2.18. The van der Waals surface area contributed by atoms with Crippen LogP contribution in [-0.2, 0) is 14.3 Å². The Balaban J connectivity index is 2.02. The van der Waals surface area contributed by atoms with Crippen molar-refractivity contribution in [3.63, 3.8) is 0 Å². The minimum atomic E-state index is -0.432. The average Bonchev–Trinajstić information content (AvgIpc) is 2.27. The lowest BCUT2D eigenvalue weighted by molar-refractivity contribution is -0.154. The van der Waals surface area contributed by atoms with Crippen molar-refractivity contribution in [3.8, 4) is 0 Å². The third-order valence-electron chi connectivity index (χ3n) is 2.36. The van der Waals surface area contributed by atoms with E-state index in [1.807, 2.05) is 36.4 Å². The number of ketones is 1. The number of cyclic esters (lactones) is 1. The first-order valence-corrected chi connectivity index (χ1v) is 5.18. The SMILES string of the molecule is O=C1CC(=O)O[C@@H](/C=C/c2ccccc2)C1. The molecular formula is C13H12O3. The van der Waals surface area contributed by atoms with Crippen LogP contribution in [-0.4, -0.2) is 17.9 Å². The summed E-state index contributed by atoms with van der Waals surface area (Å²) in [5.41, 5.74) is 1.02. The van der Waals surface area contributed by atoms with Gasteiger partial charge in [0, 0.05) is 6.42 Å². The molecule has 0 bridgehead atoms. The van der Waals surface area contributed by atoms with Crippen LogP contribution >= 0.6 is 0 Å². The molecule has 3 nitrogen and oxygen atoms in total. The fourth-order valence-electron chi connectivity index (χ4n) is 1.60. The Morgan fingerprint density at radius 2 is 1.94 bits per heavy atom. The number of benzene rings is 1. The van der Waals surface area contributed by atoms with E-state index in [9.17, 15) is 9.59 Å². The molecule has 1 aromatic rings. The van der Waals surface area contributed by atoms with E-state index in [4.69, 9.17) is 4.74 Å². The van der Waals surface area contributed by atoms with E-state index in [0.29, 0.717) is 0 Å². The third-order valence-corrected chi connectivity index (χ3v) is 2.36. The summed E-state index contributed by atoms with van der Waals surface area (Å²) in [4.78, 5) is 22.2. The van der Waals surface area contributed by atoms with E-state index in [2.05, 4.69) is 0 Å². The van der Waals surface area contributed by atoms with Gasteiger partial charge in [-0.05, 0) is 11.6 Å². The molecule has 2 rings (SSSR count). The van der Waals surface area contributed by atoms with Crippen LogP contribution in [0.15, 0.2) is 36.4 Å². The molecule has 1 aliphatic heterocycles. The lowest BCUT2D eigenvalue weighted by Crippen LogP contribution is -2.28. The molecule has 0 saturated carbocycles. The van der Waals surface area contributed by atoms with Crippen LogP contribution < -0.4 is 0 Å². The van der Waals surface area contributed by atoms with Gasteiger partial charge in [-0.15, -0.1) is 0 Å². The van der Waals surface area contributed by atoms with Crippen LogP contribution in [0, 0.1) is 0 Å². The molecule has 1 atom stereocenters. The molecule has 1 saturated heterocycles. The van der Waals surface area contributed by atoms with Crippen molar-refractivity contribution in [1.29, 1.82) is 0 Å². The van der Waals surface area contributed by atoms with Crippen LogP contribution in [0.1, 0.15) is 18.4 Å². The van der Waals surface area contributed by atoms with Gasteiger partial charge in [-0.3, -0.25) is 9.59 Å². The molecule has 16 heavy (non-hydrogen) atoms. The number of hydrogen-bond donors (Lipinski definition) is 0. The lowest BCUT2D eigenvalue weighted by atomic mass is 10.1. The summed E-state index contributed by atoms with van der Waals surface area (Å²) in [6.07, 6.45) is 3.40. The molecule has 0 N–H and O–H groups in total. The van der Waals surface area contributed by atoms with E-state index in [1.165, 1.54) is 0 Å². The Morgan fingerprint density at radius 1 is 1.19 bits per heavy atom. The van der Waals surface area contributed by atoms with Gasteiger partial charge in [0.2, 0.25) is 0 Å². The van der Waals surface area contributed by atoms with Crippen molar-refractivity contribution in [3.05, 3.63) is 42.0 Å². The number of Topliss-reactive ketones (excluding diaryl/α,β-unsaturated/α-hetero) is 1. The summed E-state index contributed by atoms with van der Waals surface area (Å²) in [5, 5.41) is 0. The number of carbonyl (C=O) groups is 2. The molecule has 0 spiro atoms. The summed E-state index contributed by atoms with van der Waals surface area (Å²) in [6.45, 7) is 0. The van der Waals surface area contributed by atoms with Crippen molar-refractivity contribution >= 4 is 17.8 Å². The van der Waals surface area contributed by atoms with Crippen molar-refractivity contribution in [2.24, 2.45) is 0 Å². The van der Waals surface area contributed by atoms with E-state index in [0.717, 1.165) is 5.56 Å². The maximum Gasteiger partial charge on any atom is 0.313 e. The summed E-state index contributed by atoms with van der Waals surface area (Å²) >= 11 is 0. The third kappa shape index (κ3) is 2.79. The molecule has 1 heterocycles. The van der Waals surface area contributed by atoms with Gasteiger partial charge in [0.15, 0.2) is 0 Å². The first kappa shape index (κ1) is 10.6. The molecule has 0 amide bonds. The highest BCUT2D eigenvalue weighted by molar-refractivity contribution is 5.97. The number of carbonyl (C=O) groups excluding carboxylic acids is 2. The summed E-state index contributed by atoms with van der Waals surface area (Å²) in [6, 6.07) is 9.68. The Bertz CT molecular complexity index is 404. The van der Waals surface area contributed by atoms with Gasteiger partial charge in [0.25, 0.3) is 0 Å². The van der Waals surface area contributed by atoms with Gasteiger partial charge in [0.05, 0.1) is 0 Å². The second-order valence-electron chi connectivity index (χ2n) is 3.72.